The second-order valence-corrected chi connectivity index (χ2v) is 5.10. The van der Waals surface area contributed by atoms with Crippen LogP contribution in [-0.4, -0.2) is 24.5 Å². The van der Waals surface area contributed by atoms with Crippen molar-refractivity contribution in [2.45, 2.75) is 31.1 Å². The van der Waals surface area contributed by atoms with Crippen LogP contribution < -0.4 is 0 Å². The molecule has 0 N–H and O–H groups in total. The van der Waals surface area contributed by atoms with Gasteiger partial charge in [-0.3, -0.25) is 0 Å². The molecule has 1 unspecified atom stereocenters. The molecule has 96 valence electrons. The van der Waals surface area contributed by atoms with Crippen molar-refractivity contribution < 1.29 is 0 Å². The SMILES string of the molecule is Cl.ClC(CCN1CCCCC1)c1ccccc1. The van der Waals surface area contributed by atoms with Gasteiger partial charge in [-0.2, -0.15) is 0 Å². The molecule has 0 aromatic heterocycles. The summed E-state index contributed by atoms with van der Waals surface area (Å²) in [4.78, 5) is 2.54. The molecular weight excluding hydrogens is 253 g/mol. The second kappa shape index (κ2) is 7.97. The minimum atomic E-state index is 0. The Balaban J connectivity index is 0.00000144. The fourth-order valence-electron chi connectivity index (χ4n) is 2.31. The lowest BCUT2D eigenvalue weighted by atomic mass is 10.1. The standard InChI is InChI=1S/C14H20ClN.ClH/c15-14(13-7-3-1-4-8-13)9-12-16-10-5-2-6-11-16;/h1,3-4,7-8,14H,2,5-6,9-12H2;1H. The molecule has 3 heteroatoms. The maximum atomic E-state index is 6.40. The average Bonchev–Trinajstić information content (AvgIpc) is 2.38. The molecule has 0 amide bonds. The Morgan fingerprint density at radius 2 is 1.71 bits per heavy atom. The summed E-state index contributed by atoms with van der Waals surface area (Å²) in [5, 5.41) is 0.170. The number of nitrogens with zero attached hydrogens (tertiary/aromatic N) is 1. The van der Waals surface area contributed by atoms with Crippen molar-refractivity contribution in [1.29, 1.82) is 0 Å². The Labute approximate surface area is 116 Å². The van der Waals surface area contributed by atoms with Crippen LogP contribution in [-0.2, 0) is 0 Å². The highest BCUT2D eigenvalue weighted by molar-refractivity contribution is 6.20. The third-order valence-electron chi connectivity index (χ3n) is 3.31. The number of hydrogen-bond donors (Lipinski definition) is 0. The molecule has 1 atom stereocenters. The Bertz CT molecular complexity index is 296. The van der Waals surface area contributed by atoms with E-state index in [4.69, 9.17) is 11.6 Å². The fraction of sp³-hybridized carbons (Fsp3) is 0.571. The lowest BCUT2D eigenvalue weighted by molar-refractivity contribution is 0.225. The van der Waals surface area contributed by atoms with E-state index in [0.717, 1.165) is 13.0 Å². The lowest BCUT2D eigenvalue weighted by Crippen LogP contribution is -2.31. The second-order valence-electron chi connectivity index (χ2n) is 4.57. The topological polar surface area (TPSA) is 3.24 Å². The van der Waals surface area contributed by atoms with Crippen LogP contribution in [0.15, 0.2) is 30.3 Å². The zero-order valence-electron chi connectivity index (χ0n) is 10.1. The summed E-state index contributed by atoms with van der Waals surface area (Å²) in [6.45, 7) is 3.67. The van der Waals surface area contributed by atoms with Crippen LogP contribution in [0.3, 0.4) is 0 Å². The molecule has 17 heavy (non-hydrogen) atoms. The van der Waals surface area contributed by atoms with Crippen LogP contribution in [0.1, 0.15) is 36.6 Å². The summed E-state index contributed by atoms with van der Waals surface area (Å²) in [5.74, 6) is 0. The number of benzene rings is 1. The summed E-state index contributed by atoms with van der Waals surface area (Å²) in [6.07, 6.45) is 5.18. The minimum Gasteiger partial charge on any atom is -0.303 e. The molecule has 0 bridgehead atoms. The summed E-state index contributed by atoms with van der Waals surface area (Å²) in [7, 11) is 0. The molecule has 0 saturated carbocycles. The van der Waals surface area contributed by atoms with Crippen molar-refractivity contribution in [3.8, 4) is 0 Å². The molecule has 1 aliphatic rings. The summed E-state index contributed by atoms with van der Waals surface area (Å²) < 4.78 is 0. The Hall–Kier alpha value is -0.240. The maximum Gasteiger partial charge on any atom is 0.0597 e. The molecule has 1 aliphatic heterocycles. The zero-order valence-corrected chi connectivity index (χ0v) is 11.7. The van der Waals surface area contributed by atoms with Gasteiger partial charge < -0.3 is 4.90 Å². The molecule has 1 heterocycles. The van der Waals surface area contributed by atoms with Crippen molar-refractivity contribution in [3.63, 3.8) is 0 Å². The quantitative estimate of drug-likeness (QED) is 0.741. The maximum absolute atomic E-state index is 6.40. The highest BCUT2D eigenvalue weighted by Gasteiger charge is 2.13. The van der Waals surface area contributed by atoms with E-state index in [1.807, 2.05) is 6.07 Å². The molecule has 1 nitrogen and oxygen atoms in total. The van der Waals surface area contributed by atoms with Gasteiger partial charge in [-0.25, -0.2) is 0 Å². The third kappa shape index (κ3) is 4.87. The predicted molar refractivity (Wildman–Crippen MR) is 77.2 cm³/mol. The normalized spacial score (nSPS) is 18.4. The van der Waals surface area contributed by atoms with Gasteiger partial charge in [0.05, 0.1) is 5.38 Å². The van der Waals surface area contributed by atoms with Crippen LogP contribution in [0.25, 0.3) is 0 Å². The van der Waals surface area contributed by atoms with E-state index in [2.05, 4.69) is 29.2 Å². The molecule has 0 aliphatic carbocycles. The van der Waals surface area contributed by atoms with E-state index < -0.39 is 0 Å². The van der Waals surface area contributed by atoms with E-state index in [-0.39, 0.29) is 17.8 Å². The highest BCUT2D eigenvalue weighted by Crippen LogP contribution is 2.24. The molecule has 0 radical (unpaired) electrons. The van der Waals surface area contributed by atoms with Crippen molar-refractivity contribution in [3.05, 3.63) is 35.9 Å². The zero-order chi connectivity index (χ0) is 11.2. The molecule has 1 fully saturated rings. The first kappa shape index (κ1) is 14.8. The van der Waals surface area contributed by atoms with Crippen LogP contribution in [0.5, 0.6) is 0 Å². The van der Waals surface area contributed by atoms with Crippen LogP contribution in [0.2, 0.25) is 0 Å². The van der Waals surface area contributed by atoms with Gasteiger partial charge in [0, 0.05) is 0 Å². The number of alkyl halides is 1. The lowest BCUT2D eigenvalue weighted by Gasteiger charge is -2.27. The number of rotatable bonds is 4. The Morgan fingerprint density at radius 3 is 2.35 bits per heavy atom. The van der Waals surface area contributed by atoms with Gasteiger partial charge in [0.25, 0.3) is 0 Å². The van der Waals surface area contributed by atoms with Crippen LogP contribution in [0.4, 0.5) is 0 Å². The fourth-order valence-corrected chi connectivity index (χ4v) is 2.55. The highest BCUT2D eigenvalue weighted by atomic mass is 35.5. The van der Waals surface area contributed by atoms with Crippen molar-refractivity contribution >= 4 is 24.0 Å². The van der Waals surface area contributed by atoms with Crippen LogP contribution >= 0.6 is 24.0 Å². The Morgan fingerprint density at radius 1 is 1.06 bits per heavy atom. The van der Waals surface area contributed by atoms with Gasteiger partial charge in [-0.05, 0) is 44.5 Å². The van der Waals surface area contributed by atoms with Gasteiger partial charge >= 0.3 is 0 Å². The largest absolute Gasteiger partial charge is 0.303 e. The molecule has 1 aromatic rings. The molecule has 0 spiro atoms. The number of piperidine rings is 1. The minimum absolute atomic E-state index is 0. The van der Waals surface area contributed by atoms with Crippen molar-refractivity contribution in [2.24, 2.45) is 0 Å². The van der Waals surface area contributed by atoms with Crippen molar-refractivity contribution in [2.75, 3.05) is 19.6 Å². The molecule has 1 saturated heterocycles. The Kier molecular flexibility index (Phi) is 6.94. The summed E-state index contributed by atoms with van der Waals surface area (Å²) in [5.41, 5.74) is 1.25. The smallest absolute Gasteiger partial charge is 0.0597 e. The summed E-state index contributed by atoms with van der Waals surface area (Å²) >= 11 is 6.40. The molecule has 2 rings (SSSR count). The van der Waals surface area contributed by atoms with E-state index in [1.165, 1.54) is 37.9 Å². The first-order chi connectivity index (χ1) is 7.86. The number of halogens is 2. The van der Waals surface area contributed by atoms with Crippen LogP contribution in [0, 0.1) is 0 Å². The van der Waals surface area contributed by atoms with Gasteiger partial charge in [0.1, 0.15) is 0 Å². The van der Waals surface area contributed by atoms with Gasteiger partial charge in [-0.15, -0.1) is 24.0 Å². The predicted octanol–water partition coefficient (Wildman–Crippen LogP) is 4.26. The van der Waals surface area contributed by atoms with E-state index in [9.17, 15) is 0 Å². The van der Waals surface area contributed by atoms with Crippen molar-refractivity contribution in [1.82, 2.24) is 4.90 Å². The summed E-state index contributed by atoms with van der Waals surface area (Å²) in [6, 6.07) is 10.4. The van der Waals surface area contributed by atoms with E-state index >= 15 is 0 Å². The van der Waals surface area contributed by atoms with Gasteiger partial charge in [0.2, 0.25) is 0 Å². The third-order valence-corrected chi connectivity index (χ3v) is 3.78. The first-order valence-electron chi connectivity index (χ1n) is 6.27. The van der Waals surface area contributed by atoms with E-state index in [1.54, 1.807) is 0 Å². The number of hydrogen-bond acceptors (Lipinski definition) is 1. The average molecular weight is 274 g/mol. The molecule has 1 aromatic carbocycles. The van der Waals surface area contributed by atoms with Gasteiger partial charge in [-0.1, -0.05) is 36.8 Å². The first-order valence-corrected chi connectivity index (χ1v) is 6.71. The molecular formula is C14H21Cl2N. The number of likely N-dealkylation sites (tertiary alicyclic amines) is 1. The monoisotopic (exact) mass is 273 g/mol. The van der Waals surface area contributed by atoms with E-state index in [0.29, 0.717) is 0 Å². The van der Waals surface area contributed by atoms with Gasteiger partial charge in [0.15, 0.2) is 0 Å².